The van der Waals surface area contributed by atoms with Crippen LogP contribution < -0.4 is 5.19 Å². The Labute approximate surface area is 285 Å². The van der Waals surface area contributed by atoms with Crippen molar-refractivity contribution < 1.29 is 4.42 Å². The normalized spacial score (nSPS) is 12.4. The molecule has 0 bridgehead atoms. The number of fused-ring (bicyclic) bond motifs is 9. The van der Waals surface area contributed by atoms with Gasteiger partial charge < -0.3 is 13.6 Å². The maximum Gasteiger partial charge on any atom is 0.159 e. The van der Waals surface area contributed by atoms with E-state index in [0.29, 0.717) is 0 Å². The SMILES string of the molecule is C[Si](C)(C)c1cccc2c1oc1c(-n3c4ccccc4c4cc(-c5ccc6c(c5)c5ccccc5n6-c5ccccc5)ccc43)cccc12. The minimum Gasteiger partial charge on any atom is -0.454 e. The first-order valence-electron chi connectivity index (χ1n) is 17.0. The predicted octanol–water partition coefficient (Wildman–Crippen LogP) is 12.0. The molecule has 3 heterocycles. The molecule has 0 saturated heterocycles. The third-order valence-electron chi connectivity index (χ3n) is 10.2. The average molecular weight is 647 g/mol. The van der Waals surface area contributed by atoms with Gasteiger partial charge in [0.25, 0.3) is 0 Å². The second kappa shape index (κ2) is 10.3. The van der Waals surface area contributed by atoms with Gasteiger partial charge in [0.1, 0.15) is 5.58 Å². The van der Waals surface area contributed by atoms with Crippen molar-refractivity contribution >= 4 is 78.8 Å². The van der Waals surface area contributed by atoms with Crippen molar-refractivity contribution in [2.75, 3.05) is 0 Å². The molecule has 49 heavy (non-hydrogen) atoms. The molecule has 10 rings (SSSR count). The fourth-order valence-corrected chi connectivity index (χ4v) is 9.45. The molecule has 0 spiro atoms. The van der Waals surface area contributed by atoms with E-state index >= 15 is 0 Å². The van der Waals surface area contributed by atoms with Crippen LogP contribution in [0.3, 0.4) is 0 Å². The number of aromatic nitrogens is 2. The number of nitrogens with zero attached hydrogens (tertiary/aromatic N) is 2. The van der Waals surface area contributed by atoms with Gasteiger partial charge in [0.2, 0.25) is 0 Å². The zero-order valence-corrected chi connectivity index (χ0v) is 28.7. The summed E-state index contributed by atoms with van der Waals surface area (Å²) in [6.07, 6.45) is 0. The highest BCUT2D eigenvalue weighted by atomic mass is 28.3. The van der Waals surface area contributed by atoms with E-state index in [1.807, 2.05) is 0 Å². The molecule has 0 atom stereocenters. The van der Waals surface area contributed by atoms with Gasteiger partial charge in [-0.2, -0.15) is 0 Å². The molecular weight excluding hydrogens is 613 g/mol. The largest absolute Gasteiger partial charge is 0.454 e. The van der Waals surface area contributed by atoms with Gasteiger partial charge >= 0.3 is 0 Å². The summed E-state index contributed by atoms with van der Waals surface area (Å²) in [4.78, 5) is 0. The summed E-state index contributed by atoms with van der Waals surface area (Å²) in [5, 5.41) is 8.71. The average Bonchev–Trinajstić information content (AvgIpc) is 3.79. The quantitative estimate of drug-likeness (QED) is 0.175. The maximum atomic E-state index is 6.88. The van der Waals surface area contributed by atoms with Gasteiger partial charge in [-0.1, -0.05) is 117 Å². The van der Waals surface area contributed by atoms with E-state index in [2.05, 4.69) is 180 Å². The van der Waals surface area contributed by atoms with Crippen molar-refractivity contribution in [3.8, 4) is 22.5 Å². The van der Waals surface area contributed by atoms with Crippen LogP contribution in [0, 0.1) is 0 Å². The Kier molecular flexibility index (Phi) is 5.94. The molecule has 10 aromatic rings. The van der Waals surface area contributed by atoms with Crippen molar-refractivity contribution in [1.82, 2.24) is 9.13 Å². The monoisotopic (exact) mass is 646 g/mol. The molecule has 0 unspecified atom stereocenters. The summed E-state index contributed by atoms with van der Waals surface area (Å²) in [6.45, 7) is 7.17. The van der Waals surface area contributed by atoms with Crippen molar-refractivity contribution in [3.63, 3.8) is 0 Å². The first-order chi connectivity index (χ1) is 24.0. The van der Waals surface area contributed by atoms with Crippen LogP contribution in [-0.4, -0.2) is 17.2 Å². The first-order valence-corrected chi connectivity index (χ1v) is 20.5. The summed E-state index contributed by atoms with van der Waals surface area (Å²) in [7, 11) is -1.62. The number of furan rings is 1. The van der Waals surface area contributed by atoms with Crippen molar-refractivity contribution in [1.29, 1.82) is 0 Å². The fraction of sp³-hybridized carbons (Fsp3) is 0.0667. The lowest BCUT2D eigenvalue weighted by atomic mass is 10.0. The third kappa shape index (κ3) is 4.14. The molecule has 0 fully saturated rings. The van der Waals surface area contributed by atoms with Gasteiger partial charge in [-0.05, 0) is 70.9 Å². The van der Waals surface area contributed by atoms with Crippen LogP contribution in [0.25, 0.3) is 88.1 Å². The zero-order chi connectivity index (χ0) is 32.9. The van der Waals surface area contributed by atoms with E-state index in [1.165, 1.54) is 71.0 Å². The molecule has 0 N–H and O–H groups in total. The van der Waals surface area contributed by atoms with E-state index in [0.717, 1.165) is 22.2 Å². The van der Waals surface area contributed by atoms with E-state index in [1.54, 1.807) is 0 Å². The molecule has 0 aliphatic rings. The molecule has 0 saturated carbocycles. The smallest absolute Gasteiger partial charge is 0.159 e. The Morgan fingerprint density at radius 2 is 0.918 bits per heavy atom. The van der Waals surface area contributed by atoms with Gasteiger partial charge in [0.15, 0.2) is 5.58 Å². The molecule has 3 aromatic heterocycles. The van der Waals surface area contributed by atoms with Gasteiger partial charge in [-0.3, -0.25) is 0 Å². The highest BCUT2D eigenvalue weighted by molar-refractivity contribution is 6.90. The van der Waals surface area contributed by atoms with E-state index in [9.17, 15) is 0 Å². The molecule has 0 amide bonds. The van der Waals surface area contributed by atoms with Gasteiger partial charge in [0, 0.05) is 38.0 Å². The lowest BCUT2D eigenvalue weighted by Gasteiger charge is -2.16. The van der Waals surface area contributed by atoms with Crippen molar-refractivity contribution in [2.24, 2.45) is 0 Å². The van der Waals surface area contributed by atoms with E-state index < -0.39 is 8.07 Å². The van der Waals surface area contributed by atoms with Crippen LogP contribution in [0.5, 0.6) is 0 Å². The summed E-state index contributed by atoms with van der Waals surface area (Å²) in [5.74, 6) is 0. The molecule has 3 nitrogen and oxygen atoms in total. The van der Waals surface area contributed by atoms with Gasteiger partial charge in [-0.25, -0.2) is 0 Å². The van der Waals surface area contributed by atoms with Crippen LogP contribution in [0.15, 0.2) is 156 Å². The summed E-state index contributed by atoms with van der Waals surface area (Å²) in [5.41, 5.74) is 11.4. The van der Waals surface area contributed by atoms with Crippen LogP contribution in [-0.2, 0) is 0 Å². The minimum atomic E-state index is -1.62. The number of para-hydroxylation sites is 5. The zero-order valence-electron chi connectivity index (χ0n) is 27.7. The highest BCUT2D eigenvalue weighted by Gasteiger charge is 2.24. The number of benzene rings is 7. The second-order valence-corrected chi connectivity index (χ2v) is 19.2. The number of rotatable bonds is 4. The molecular formula is C45H34N2OSi. The Hall–Kier alpha value is -5.84. The summed E-state index contributed by atoms with van der Waals surface area (Å²) >= 11 is 0. The molecule has 234 valence electrons. The van der Waals surface area contributed by atoms with Crippen LogP contribution >= 0.6 is 0 Å². The highest BCUT2D eigenvalue weighted by Crippen LogP contribution is 2.40. The molecule has 0 radical (unpaired) electrons. The third-order valence-corrected chi connectivity index (χ3v) is 12.3. The number of hydrogen-bond donors (Lipinski definition) is 0. The van der Waals surface area contributed by atoms with E-state index in [-0.39, 0.29) is 0 Å². The standard InChI is InChI=1S/C45H34N2OSi/c1-49(2,3)43-22-12-18-35-34-17-11-21-42(44(34)48-45(35)43)47-39-20-10-8-16-33(39)37-28-30(24-26-41(37)47)29-23-25-40-36(27-29)32-15-7-9-19-38(32)46(40)31-13-5-4-6-14-31/h4-28H,1-3H3. The minimum absolute atomic E-state index is 0.940. The molecule has 0 aliphatic heterocycles. The molecule has 4 heteroatoms. The van der Waals surface area contributed by atoms with E-state index in [4.69, 9.17) is 4.42 Å². The Bertz CT molecular complexity index is 2920. The fourth-order valence-electron chi connectivity index (χ4n) is 7.99. The first kappa shape index (κ1) is 28.2. The Balaban J connectivity index is 1.19. The lowest BCUT2D eigenvalue weighted by Crippen LogP contribution is -2.37. The Morgan fingerprint density at radius 3 is 1.57 bits per heavy atom. The summed E-state index contributed by atoms with van der Waals surface area (Å²) < 4.78 is 11.6. The van der Waals surface area contributed by atoms with Gasteiger partial charge in [-0.15, -0.1) is 0 Å². The molecule has 0 aliphatic carbocycles. The molecule has 7 aromatic carbocycles. The van der Waals surface area contributed by atoms with Crippen molar-refractivity contribution in [3.05, 3.63) is 152 Å². The Morgan fingerprint density at radius 1 is 0.408 bits per heavy atom. The predicted molar refractivity (Wildman–Crippen MR) is 211 cm³/mol. The topological polar surface area (TPSA) is 23.0 Å². The summed E-state index contributed by atoms with van der Waals surface area (Å²) in [6, 6.07) is 55.2. The maximum absolute atomic E-state index is 6.88. The lowest BCUT2D eigenvalue weighted by molar-refractivity contribution is 0.668. The van der Waals surface area contributed by atoms with Crippen LogP contribution in [0.4, 0.5) is 0 Å². The van der Waals surface area contributed by atoms with Gasteiger partial charge in [0.05, 0.1) is 35.8 Å². The van der Waals surface area contributed by atoms with Crippen molar-refractivity contribution in [2.45, 2.75) is 19.6 Å². The van der Waals surface area contributed by atoms with Crippen LogP contribution in [0.2, 0.25) is 19.6 Å². The number of hydrogen-bond acceptors (Lipinski definition) is 1. The van der Waals surface area contributed by atoms with Crippen LogP contribution in [0.1, 0.15) is 0 Å². The second-order valence-electron chi connectivity index (χ2n) is 14.2.